The first kappa shape index (κ1) is 28.0. The second-order valence-electron chi connectivity index (χ2n) is 8.78. The molecule has 2 aromatic heterocycles. The topological polar surface area (TPSA) is 124 Å². The molecule has 1 aromatic carbocycles. The third kappa shape index (κ3) is 6.80. The molecule has 0 aliphatic carbocycles. The minimum atomic E-state index is -0.161. The summed E-state index contributed by atoms with van der Waals surface area (Å²) in [4.78, 5) is 31.4. The van der Waals surface area contributed by atoms with E-state index in [-0.39, 0.29) is 12.1 Å². The maximum Gasteiger partial charge on any atom is 0.273 e. The fourth-order valence-corrected chi connectivity index (χ4v) is 5.39. The van der Waals surface area contributed by atoms with E-state index in [9.17, 15) is 14.9 Å². The van der Waals surface area contributed by atoms with E-state index < -0.39 is 0 Å². The Labute approximate surface area is 220 Å². The van der Waals surface area contributed by atoms with Crippen LogP contribution in [0.5, 0.6) is 0 Å². The molecule has 3 aromatic rings. The molecule has 10 heteroatoms. The normalized spacial score (nSPS) is 15.6. The van der Waals surface area contributed by atoms with Crippen molar-refractivity contribution in [3.05, 3.63) is 56.7 Å². The summed E-state index contributed by atoms with van der Waals surface area (Å²) in [7, 11) is 2.01. The molecule has 0 radical (unpaired) electrons. The number of aromatic nitrogens is 2. The van der Waals surface area contributed by atoms with Gasteiger partial charge in [-0.05, 0) is 50.8 Å². The molecule has 2 aliphatic rings. The number of carbonyl (C=O) groups excluding carboxylic acids is 1. The highest BCUT2D eigenvalue weighted by Gasteiger charge is 2.22. The van der Waals surface area contributed by atoms with Crippen molar-refractivity contribution in [3.63, 3.8) is 0 Å². The van der Waals surface area contributed by atoms with Gasteiger partial charge < -0.3 is 15.0 Å². The summed E-state index contributed by atoms with van der Waals surface area (Å²) in [5.41, 5.74) is 2.11. The molecule has 2 saturated heterocycles. The molecule has 0 amide bonds. The summed E-state index contributed by atoms with van der Waals surface area (Å²) in [6.45, 7) is 7.32. The Morgan fingerprint density at radius 2 is 1.92 bits per heavy atom. The molecule has 2 fully saturated rings. The highest BCUT2D eigenvalue weighted by atomic mass is 32.1. The van der Waals surface area contributed by atoms with Crippen molar-refractivity contribution < 1.29 is 9.53 Å². The first-order valence-electron chi connectivity index (χ1n) is 12.4. The van der Waals surface area contributed by atoms with Crippen LogP contribution < -0.4 is 15.8 Å². The van der Waals surface area contributed by atoms with Crippen LogP contribution in [-0.2, 0) is 11.3 Å². The van der Waals surface area contributed by atoms with Crippen LogP contribution in [0.4, 0.5) is 5.95 Å². The molecule has 0 atom stereocenters. The van der Waals surface area contributed by atoms with Crippen molar-refractivity contribution in [2.75, 3.05) is 38.3 Å². The Balaban J connectivity index is 0.000000322. The van der Waals surface area contributed by atoms with Gasteiger partial charge in [0.05, 0.1) is 23.7 Å². The van der Waals surface area contributed by atoms with Gasteiger partial charge in [-0.1, -0.05) is 18.2 Å². The summed E-state index contributed by atoms with van der Waals surface area (Å²) >= 11 is 1.24. The van der Waals surface area contributed by atoms with Gasteiger partial charge >= 0.3 is 0 Å². The second-order valence-corrected chi connectivity index (χ2v) is 9.66. The van der Waals surface area contributed by atoms with Crippen molar-refractivity contribution in [2.24, 2.45) is 0 Å². The monoisotopic (exact) mass is 520 g/mol. The number of benzene rings is 1. The zero-order valence-corrected chi connectivity index (χ0v) is 21.9. The lowest BCUT2D eigenvalue weighted by atomic mass is 10.1. The Bertz CT molecular complexity index is 1300. The number of carbonyl (C=O) groups is 1. The van der Waals surface area contributed by atoms with E-state index in [2.05, 4.69) is 22.9 Å². The Morgan fingerprint density at radius 3 is 2.54 bits per heavy atom. The summed E-state index contributed by atoms with van der Waals surface area (Å²) in [6.07, 6.45) is 6.37. The number of hydrogen-bond donors (Lipinski definition) is 1. The minimum Gasteiger partial charge on any atom is -0.381 e. The Hall–Kier alpha value is -3.57. The average molecular weight is 521 g/mol. The van der Waals surface area contributed by atoms with Gasteiger partial charge in [0.2, 0.25) is 5.95 Å². The fraction of sp³-hybridized carbons (Fsp3) is 0.444. The van der Waals surface area contributed by atoms with Crippen LogP contribution in [0.3, 0.4) is 0 Å². The van der Waals surface area contributed by atoms with E-state index in [0.29, 0.717) is 33.3 Å². The Kier molecular flexibility index (Phi) is 10.8. The molecule has 2 aliphatic heterocycles. The zero-order valence-electron chi connectivity index (χ0n) is 21.1. The highest BCUT2D eigenvalue weighted by Crippen LogP contribution is 2.25. The number of ether oxygens (including phenoxy) is 1. The van der Waals surface area contributed by atoms with Gasteiger partial charge in [-0.3, -0.25) is 14.2 Å². The number of nitrogens with zero attached hydrogens (tertiary/aromatic N) is 5. The third-order valence-electron chi connectivity index (χ3n) is 6.55. The first-order valence-corrected chi connectivity index (χ1v) is 13.2. The summed E-state index contributed by atoms with van der Waals surface area (Å²) < 4.78 is 7.29. The molecule has 9 nitrogen and oxygen atoms in total. The molecule has 0 bridgehead atoms. The van der Waals surface area contributed by atoms with E-state index in [1.54, 1.807) is 16.0 Å². The van der Waals surface area contributed by atoms with Crippen molar-refractivity contribution in [1.82, 2.24) is 14.9 Å². The van der Waals surface area contributed by atoms with Crippen molar-refractivity contribution >= 4 is 33.8 Å². The number of anilines is 1. The van der Waals surface area contributed by atoms with E-state index in [1.807, 2.05) is 25.2 Å². The van der Waals surface area contributed by atoms with Crippen LogP contribution in [0.25, 0.3) is 10.2 Å². The van der Waals surface area contributed by atoms with Crippen LogP contribution >= 0.6 is 11.3 Å². The van der Waals surface area contributed by atoms with Gasteiger partial charge in [0.25, 0.3) is 5.56 Å². The minimum absolute atomic E-state index is 0.161. The van der Waals surface area contributed by atoms with E-state index in [4.69, 9.17) is 15.0 Å². The quantitative estimate of drug-likeness (QED) is 0.505. The molecule has 4 heterocycles. The van der Waals surface area contributed by atoms with E-state index >= 15 is 0 Å². The molecular weight excluding hydrogens is 488 g/mol. The molecule has 5 rings (SSSR count). The molecule has 0 unspecified atom stereocenters. The van der Waals surface area contributed by atoms with Crippen LogP contribution in [0.15, 0.2) is 34.4 Å². The number of thiophene rings is 1. The molecule has 0 saturated carbocycles. The highest BCUT2D eigenvalue weighted by molar-refractivity contribution is 7.17. The van der Waals surface area contributed by atoms with Gasteiger partial charge in [0.15, 0.2) is 6.29 Å². The lowest BCUT2D eigenvalue weighted by Gasteiger charge is -2.29. The molecule has 194 valence electrons. The maximum atomic E-state index is 13.2. The van der Waals surface area contributed by atoms with Crippen LogP contribution in [0, 0.1) is 23.2 Å². The third-order valence-corrected chi connectivity index (χ3v) is 7.52. The number of aldehydes is 1. The average Bonchev–Trinajstić information content (AvgIpc) is 3.40. The number of piperidine rings is 1. The molecular formula is C27H32N6O3S. The number of rotatable bonds is 5. The summed E-state index contributed by atoms with van der Waals surface area (Å²) in [6, 6.07) is 10.2. The van der Waals surface area contributed by atoms with Gasteiger partial charge in [-0.15, -0.1) is 11.3 Å². The van der Waals surface area contributed by atoms with E-state index in [0.717, 1.165) is 57.4 Å². The molecule has 37 heavy (non-hydrogen) atoms. The van der Waals surface area contributed by atoms with Crippen LogP contribution in [0.1, 0.15) is 53.6 Å². The van der Waals surface area contributed by atoms with Gasteiger partial charge in [-0.25, -0.2) is 10.2 Å². The van der Waals surface area contributed by atoms with Crippen molar-refractivity contribution in [2.45, 2.75) is 44.7 Å². The summed E-state index contributed by atoms with van der Waals surface area (Å²) in [5, 5.41) is 20.8. The largest absolute Gasteiger partial charge is 0.381 e. The summed E-state index contributed by atoms with van der Waals surface area (Å²) in [5.74, 6) is 0.585. The predicted octanol–water partition coefficient (Wildman–Crippen LogP) is 3.71. The Morgan fingerprint density at radius 1 is 1.22 bits per heavy atom. The SMILES string of the molecule is C#N.CNC1CCOCC1.N#Cc1ccccc1Cn1c(N2CCCCC2)nc2c(C=O)csc2c1=O. The predicted molar refractivity (Wildman–Crippen MR) is 145 cm³/mol. The first-order chi connectivity index (χ1) is 18.2. The number of fused-ring (bicyclic) bond motifs is 1. The fourth-order valence-electron chi connectivity index (χ4n) is 4.49. The van der Waals surface area contributed by atoms with E-state index in [1.165, 1.54) is 24.2 Å². The number of nitrogens with one attached hydrogen (secondary N) is 1. The van der Waals surface area contributed by atoms with Crippen LogP contribution in [-0.4, -0.2) is 55.2 Å². The smallest absolute Gasteiger partial charge is 0.273 e. The van der Waals surface area contributed by atoms with Gasteiger partial charge in [0, 0.05) is 44.3 Å². The van der Waals surface area contributed by atoms with Gasteiger partial charge in [0.1, 0.15) is 10.2 Å². The molecule has 0 spiro atoms. The lowest BCUT2D eigenvalue weighted by Crippen LogP contribution is -2.36. The zero-order chi connectivity index (χ0) is 26.6. The second kappa shape index (κ2) is 14.2. The number of hydrogen-bond acceptors (Lipinski definition) is 9. The maximum absolute atomic E-state index is 13.2. The molecule has 1 N–H and O–H groups in total. The number of nitriles is 2. The van der Waals surface area contributed by atoms with Crippen LogP contribution in [0.2, 0.25) is 0 Å². The standard InChI is InChI=1S/C20H18N4O2S.C6H13NO.CHN/c21-10-14-6-2-3-7-15(14)11-24-19(26)18-17(16(12-25)13-27-18)22-20(24)23-8-4-1-5-9-23;1-7-6-2-4-8-5-3-6;1-2/h2-3,6-7,12-13H,1,4-5,8-9,11H2;6-7H,2-5H2,1H3;1H. The lowest BCUT2D eigenvalue weighted by molar-refractivity contribution is 0.0799. The van der Waals surface area contributed by atoms with Crippen molar-refractivity contribution in [1.29, 1.82) is 10.5 Å². The van der Waals surface area contributed by atoms with Gasteiger partial charge in [-0.2, -0.15) is 5.26 Å². The van der Waals surface area contributed by atoms with Crippen molar-refractivity contribution in [3.8, 4) is 12.6 Å².